The molecular formula is C14H8BrClF2INO2. The summed E-state index contributed by atoms with van der Waals surface area (Å²) in [5.41, 5.74) is -2.83. The number of amides is 1. The summed E-state index contributed by atoms with van der Waals surface area (Å²) < 4.78 is 30.9. The second kappa shape index (κ2) is 7.10. The summed E-state index contributed by atoms with van der Waals surface area (Å²) >= 11 is 10.1. The quantitative estimate of drug-likeness (QED) is 0.445. The number of ether oxygens (including phenoxy) is 1. The Bertz CT molecular complexity index is 692. The molecule has 2 aromatic rings. The number of alkyl halides is 3. The largest absolute Gasteiger partial charge is 0.487 e. The van der Waals surface area contributed by atoms with Crippen molar-refractivity contribution in [1.29, 1.82) is 0 Å². The maximum Gasteiger partial charge on any atom is 0.487 e. The zero-order chi connectivity index (χ0) is 16.3. The van der Waals surface area contributed by atoms with Gasteiger partial charge in [0.25, 0.3) is 5.91 Å². The lowest BCUT2D eigenvalue weighted by Crippen LogP contribution is -2.15. The van der Waals surface area contributed by atoms with E-state index in [4.69, 9.17) is 0 Å². The van der Waals surface area contributed by atoms with Crippen LogP contribution in [0.15, 0.2) is 46.9 Å². The number of carbonyl (C=O) groups is 1. The van der Waals surface area contributed by atoms with Gasteiger partial charge in [0.2, 0.25) is 0 Å². The Kier molecular flexibility index (Phi) is 5.62. The van der Waals surface area contributed by atoms with Gasteiger partial charge in [-0.1, -0.05) is 0 Å². The molecule has 2 aromatic carbocycles. The summed E-state index contributed by atoms with van der Waals surface area (Å²) in [6.45, 7) is 0. The van der Waals surface area contributed by atoms with Crippen LogP contribution in [0.2, 0.25) is 0 Å². The van der Waals surface area contributed by atoms with Gasteiger partial charge in [0, 0.05) is 30.9 Å². The topological polar surface area (TPSA) is 38.3 Å². The number of nitrogens with one attached hydrogen (secondary N) is 1. The highest BCUT2D eigenvalue weighted by molar-refractivity contribution is 14.1. The van der Waals surface area contributed by atoms with Gasteiger partial charge >= 0.3 is 5.57 Å². The Morgan fingerprint density at radius 3 is 2.41 bits per heavy atom. The van der Waals surface area contributed by atoms with Crippen molar-refractivity contribution in [3.63, 3.8) is 0 Å². The third-order valence-corrected chi connectivity index (χ3v) is 4.93. The number of hydrogen-bond donors (Lipinski definition) is 1. The lowest BCUT2D eigenvalue weighted by atomic mass is 10.2. The van der Waals surface area contributed by atoms with Crippen molar-refractivity contribution in [1.82, 2.24) is 0 Å². The van der Waals surface area contributed by atoms with E-state index in [-0.39, 0.29) is 11.7 Å². The summed E-state index contributed by atoms with van der Waals surface area (Å²) in [6.07, 6.45) is 0. The monoisotopic (exact) mass is 501 g/mol. The van der Waals surface area contributed by atoms with E-state index < -0.39 is 5.57 Å². The van der Waals surface area contributed by atoms with Crippen molar-refractivity contribution in [2.24, 2.45) is 0 Å². The average Bonchev–Trinajstić information content (AvgIpc) is 2.42. The van der Waals surface area contributed by atoms with E-state index in [1.807, 2.05) is 0 Å². The molecule has 1 N–H and O–H groups in total. The summed E-state index contributed by atoms with van der Waals surface area (Å²) in [5.74, 6) is -0.405. The van der Waals surface area contributed by atoms with Gasteiger partial charge in [0.05, 0.1) is 0 Å². The number of carbonyl (C=O) groups excluding carboxylic acids is 1. The Balaban J connectivity index is 2.07. The van der Waals surface area contributed by atoms with Crippen LogP contribution in [-0.2, 0) is 0 Å². The highest BCUT2D eigenvalue weighted by atomic mass is 127. The summed E-state index contributed by atoms with van der Waals surface area (Å²) in [5, 5.41) is 2.66. The summed E-state index contributed by atoms with van der Waals surface area (Å²) in [7, 11) is 0. The molecule has 0 unspecified atom stereocenters. The molecule has 0 aromatic heterocycles. The molecular weight excluding hydrogens is 494 g/mol. The van der Waals surface area contributed by atoms with E-state index in [0.29, 0.717) is 11.3 Å². The zero-order valence-corrected chi connectivity index (χ0v) is 15.2. The molecule has 22 heavy (non-hydrogen) atoms. The molecule has 3 nitrogen and oxygen atoms in total. The van der Waals surface area contributed by atoms with Crippen LogP contribution in [0.3, 0.4) is 0 Å². The van der Waals surface area contributed by atoms with Crippen LogP contribution in [-0.4, -0.2) is 11.5 Å². The molecule has 0 aliphatic rings. The van der Waals surface area contributed by atoms with Crippen LogP contribution in [0, 0.1) is 3.57 Å². The number of rotatable bonds is 4. The normalized spacial score (nSPS) is 11.1. The van der Waals surface area contributed by atoms with Crippen molar-refractivity contribution in [2.75, 3.05) is 5.32 Å². The molecule has 0 saturated carbocycles. The summed E-state index contributed by atoms with van der Waals surface area (Å²) in [4.78, 5) is 12.1. The van der Waals surface area contributed by atoms with Crippen LogP contribution >= 0.6 is 50.1 Å². The number of hydrogen-bond acceptors (Lipinski definition) is 2. The highest BCUT2D eigenvalue weighted by Gasteiger charge is 2.27. The van der Waals surface area contributed by atoms with Gasteiger partial charge in [0.15, 0.2) is 0 Å². The van der Waals surface area contributed by atoms with Gasteiger partial charge in [-0.3, -0.25) is 4.79 Å². The molecule has 1 amide bonds. The number of halogens is 5. The number of benzene rings is 2. The van der Waals surface area contributed by atoms with Crippen molar-refractivity contribution in [2.45, 2.75) is 5.57 Å². The minimum absolute atomic E-state index is 0.101. The van der Waals surface area contributed by atoms with Crippen molar-refractivity contribution < 1.29 is 18.3 Å². The Hall–Kier alpha value is -0.930. The fourth-order valence-corrected chi connectivity index (χ4v) is 2.43. The van der Waals surface area contributed by atoms with Gasteiger partial charge in [-0.25, -0.2) is 0 Å². The van der Waals surface area contributed by atoms with Crippen LogP contribution in [0.1, 0.15) is 10.4 Å². The highest BCUT2D eigenvalue weighted by Crippen LogP contribution is 2.26. The Morgan fingerprint density at radius 1 is 1.23 bits per heavy atom. The van der Waals surface area contributed by atoms with Crippen LogP contribution in [0.4, 0.5) is 14.5 Å². The van der Waals surface area contributed by atoms with Crippen molar-refractivity contribution in [3.8, 4) is 5.75 Å². The molecule has 0 spiro atoms. The van der Waals surface area contributed by atoms with Crippen molar-refractivity contribution in [3.05, 3.63) is 56.1 Å². The standard InChI is InChI=1S/C14H8BrClF2INO2/c15-11-6-1-8(7-12(11)19)13(21)20-9-2-4-10(5-3-9)22-14(16,17)18/h1-7H,(H,20,21). The Morgan fingerprint density at radius 2 is 1.86 bits per heavy atom. The smallest absolute Gasteiger partial charge is 0.420 e. The molecule has 0 heterocycles. The molecule has 8 heteroatoms. The second-order valence-corrected chi connectivity index (χ2v) is 6.61. The molecule has 0 saturated heterocycles. The van der Waals surface area contributed by atoms with E-state index in [2.05, 4.69) is 60.2 Å². The van der Waals surface area contributed by atoms with E-state index in [9.17, 15) is 13.6 Å². The van der Waals surface area contributed by atoms with Crippen LogP contribution < -0.4 is 10.1 Å². The molecule has 116 valence electrons. The molecule has 0 fully saturated rings. The van der Waals surface area contributed by atoms with Crippen LogP contribution in [0.25, 0.3) is 0 Å². The molecule has 0 radical (unpaired) electrons. The van der Waals surface area contributed by atoms with E-state index in [1.54, 1.807) is 18.2 Å². The SMILES string of the molecule is O=C(Nc1ccc(OC(F)(F)Cl)cc1)c1ccc(Br)c(I)c1. The van der Waals surface area contributed by atoms with Gasteiger partial charge in [-0.2, -0.15) is 0 Å². The fraction of sp³-hybridized carbons (Fsp3) is 0.0714. The molecule has 0 atom stereocenters. The minimum atomic E-state index is -3.77. The maximum atomic E-state index is 12.5. The van der Waals surface area contributed by atoms with Gasteiger partial charge < -0.3 is 10.1 Å². The van der Waals surface area contributed by atoms with E-state index >= 15 is 0 Å². The fourth-order valence-electron chi connectivity index (χ4n) is 1.58. The zero-order valence-electron chi connectivity index (χ0n) is 10.7. The first-order valence-corrected chi connectivity index (χ1v) is 8.12. The van der Waals surface area contributed by atoms with Gasteiger partial charge in [-0.15, -0.1) is 8.78 Å². The number of anilines is 1. The van der Waals surface area contributed by atoms with Crippen LogP contribution in [0.5, 0.6) is 5.75 Å². The van der Waals surface area contributed by atoms with E-state index in [1.165, 1.54) is 24.3 Å². The predicted octanol–water partition coefficient (Wildman–Crippen LogP) is 5.47. The van der Waals surface area contributed by atoms with Gasteiger partial charge in [-0.05, 0) is 81.0 Å². The third-order valence-electron chi connectivity index (χ3n) is 2.53. The van der Waals surface area contributed by atoms with E-state index in [0.717, 1.165) is 8.04 Å². The molecule has 0 aliphatic carbocycles. The average molecular weight is 502 g/mol. The maximum absolute atomic E-state index is 12.5. The second-order valence-electron chi connectivity index (χ2n) is 4.16. The lowest BCUT2D eigenvalue weighted by Gasteiger charge is -2.11. The molecule has 0 bridgehead atoms. The third kappa shape index (κ3) is 5.06. The molecule has 2 rings (SSSR count). The van der Waals surface area contributed by atoms with Crippen molar-refractivity contribution >= 4 is 61.7 Å². The predicted molar refractivity (Wildman–Crippen MR) is 92.7 cm³/mol. The lowest BCUT2D eigenvalue weighted by molar-refractivity contribution is -0.0964. The first-order valence-electron chi connectivity index (χ1n) is 5.87. The Labute approximate surface area is 152 Å². The first-order chi connectivity index (χ1) is 10.2. The molecule has 0 aliphatic heterocycles. The van der Waals surface area contributed by atoms with Gasteiger partial charge in [0.1, 0.15) is 5.75 Å². The first kappa shape index (κ1) is 17.4. The summed E-state index contributed by atoms with van der Waals surface area (Å²) in [6, 6.07) is 10.6. The minimum Gasteiger partial charge on any atom is -0.420 e.